The number of halogens is 1. The fourth-order valence-corrected chi connectivity index (χ4v) is 2.49. The number of anilines is 2. The van der Waals surface area contributed by atoms with E-state index < -0.39 is 0 Å². The molecule has 3 rings (SSSR count). The molecule has 0 amide bonds. The lowest BCUT2D eigenvalue weighted by molar-refractivity contribution is 0.956. The Labute approximate surface area is 119 Å². The predicted octanol–water partition coefficient (Wildman–Crippen LogP) is 2.32. The molecule has 18 heavy (non-hydrogen) atoms. The number of hydrogen-bond donors (Lipinski definition) is 1. The summed E-state index contributed by atoms with van der Waals surface area (Å²) >= 11 is 2.14. The number of nitrogens with two attached hydrogens (primary N) is 1. The van der Waals surface area contributed by atoms with Gasteiger partial charge in [-0.05, 0) is 52.8 Å². The monoisotopic (exact) mass is 352 g/mol. The number of nitrogen functional groups attached to an aromatic ring is 1. The van der Waals surface area contributed by atoms with E-state index in [-0.39, 0.29) is 0 Å². The van der Waals surface area contributed by atoms with E-state index in [2.05, 4.69) is 62.7 Å². The third kappa shape index (κ3) is 1.92. The highest BCUT2D eigenvalue weighted by molar-refractivity contribution is 14.1. The first-order valence-corrected chi connectivity index (χ1v) is 6.85. The van der Waals surface area contributed by atoms with Gasteiger partial charge in [-0.3, -0.25) is 0 Å². The minimum Gasteiger partial charge on any atom is -0.383 e. The average molecular weight is 352 g/mol. The molecule has 2 N–H and O–H groups in total. The van der Waals surface area contributed by atoms with Gasteiger partial charge in [0.15, 0.2) is 5.82 Å². The quantitative estimate of drug-likeness (QED) is 0.801. The first-order valence-electron chi connectivity index (χ1n) is 5.77. The molecule has 0 saturated carbocycles. The molecule has 1 aliphatic heterocycles. The average Bonchev–Trinajstić information content (AvgIpc) is 2.74. The Morgan fingerprint density at radius 3 is 3.00 bits per heavy atom. The fraction of sp³-hybridized carbons (Fsp3) is 0.231. The van der Waals surface area contributed by atoms with Crippen molar-refractivity contribution in [1.82, 2.24) is 9.97 Å². The van der Waals surface area contributed by atoms with Gasteiger partial charge in [0.05, 0.1) is 3.57 Å². The summed E-state index contributed by atoms with van der Waals surface area (Å²) in [6.07, 6.45) is 2.84. The van der Waals surface area contributed by atoms with Crippen LogP contribution in [-0.4, -0.2) is 23.6 Å². The molecule has 2 heterocycles. The Kier molecular flexibility index (Phi) is 2.85. The zero-order valence-corrected chi connectivity index (χ0v) is 12.2. The van der Waals surface area contributed by atoms with E-state index in [1.54, 1.807) is 6.20 Å². The summed E-state index contributed by atoms with van der Waals surface area (Å²) in [5.74, 6) is 1.24. The van der Waals surface area contributed by atoms with E-state index in [1.807, 2.05) is 0 Å². The van der Waals surface area contributed by atoms with Crippen LogP contribution in [0.4, 0.5) is 11.5 Å². The number of rotatable bonds is 1. The molecule has 0 unspecified atom stereocenters. The van der Waals surface area contributed by atoms with E-state index in [0.717, 1.165) is 22.1 Å². The van der Waals surface area contributed by atoms with Crippen LogP contribution >= 0.6 is 22.6 Å². The molecule has 0 bridgehead atoms. The van der Waals surface area contributed by atoms with Gasteiger partial charge in [0.25, 0.3) is 0 Å². The Balaban J connectivity index is 2.05. The van der Waals surface area contributed by atoms with Gasteiger partial charge < -0.3 is 10.6 Å². The van der Waals surface area contributed by atoms with Gasteiger partial charge >= 0.3 is 0 Å². The van der Waals surface area contributed by atoms with Crippen LogP contribution in [0.3, 0.4) is 0 Å². The van der Waals surface area contributed by atoms with Crippen molar-refractivity contribution in [3.05, 3.63) is 33.5 Å². The van der Waals surface area contributed by atoms with Crippen LogP contribution in [0.1, 0.15) is 5.56 Å². The van der Waals surface area contributed by atoms with Crippen molar-refractivity contribution in [3.63, 3.8) is 0 Å². The maximum atomic E-state index is 5.83. The second-order valence-corrected chi connectivity index (χ2v) is 5.60. The maximum absolute atomic E-state index is 5.83. The van der Waals surface area contributed by atoms with E-state index in [9.17, 15) is 0 Å². The third-order valence-corrected chi connectivity index (χ3v) is 4.07. The molecule has 0 spiro atoms. The Morgan fingerprint density at radius 1 is 1.39 bits per heavy atom. The second-order valence-electron chi connectivity index (χ2n) is 4.44. The minimum atomic E-state index is 0.540. The molecule has 1 aliphatic rings. The Morgan fingerprint density at radius 2 is 2.22 bits per heavy atom. The normalized spacial score (nSPS) is 13.8. The summed E-state index contributed by atoms with van der Waals surface area (Å²) in [6, 6.07) is 6.36. The van der Waals surface area contributed by atoms with Crippen molar-refractivity contribution in [3.8, 4) is 11.4 Å². The number of aromatic nitrogens is 2. The molecule has 92 valence electrons. The van der Waals surface area contributed by atoms with Crippen LogP contribution in [-0.2, 0) is 6.42 Å². The van der Waals surface area contributed by atoms with Gasteiger partial charge in [0.2, 0.25) is 0 Å². The molecule has 0 radical (unpaired) electrons. The topological polar surface area (TPSA) is 55.0 Å². The highest BCUT2D eigenvalue weighted by atomic mass is 127. The van der Waals surface area contributed by atoms with Crippen molar-refractivity contribution in [1.29, 1.82) is 0 Å². The summed E-state index contributed by atoms with van der Waals surface area (Å²) in [6.45, 7) is 1.08. The molecule has 0 saturated heterocycles. The van der Waals surface area contributed by atoms with Crippen molar-refractivity contribution >= 4 is 34.1 Å². The molecule has 4 nitrogen and oxygen atoms in total. The molecule has 1 aromatic carbocycles. The molecule has 0 fully saturated rings. The standard InChI is InChI=1S/C13H13IN4/c1-18-5-4-8-6-9(2-3-11(8)18)13-16-7-10(14)12(15)17-13/h2-3,6-7H,4-5H2,1H3,(H2,15,16,17). The first kappa shape index (κ1) is 11.7. The van der Waals surface area contributed by atoms with Gasteiger partial charge in [0.1, 0.15) is 5.82 Å². The van der Waals surface area contributed by atoms with E-state index in [0.29, 0.717) is 11.6 Å². The number of nitrogens with zero attached hydrogens (tertiary/aromatic N) is 3. The third-order valence-electron chi connectivity index (χ3n) is 3.24. The highest BCUT2D eigenvalue weighted by Crippen LogP contribution is 2.30. The fourth-order valence-electron chi connectivity index (χ4n) is 2.23. The molecular weight excluding hydrogens is 339 g/mol. The summed E-state index contributed by atoms with van der Waals surface area (Å²) in [5.41, 5.74) is 9.52. The summed E-state index contributed by atoms with van der Waals surface area (Å²) in [5, 5.41) is 0. The van der Waals surface area contributed by atoms with Crippen LogP contribution in [0, 0.1) is 3.57 Å². The summed E-state index contributed by atoms with van der Waals surface area (Å²) in [4.78, 5) is 10.9. The van der Waals surface area contributed by atoms with Crippen LogP contribution < -0.4 is 10.6 Å². The second kappa shape index (κ2) is 4.38. The van der Waals surface area contributed by atoms with Gasteiger partial charge in [-0.1, -0.05) is 0 Å². The highest BCUT2D eigenvalue weighted by Gasteiger charge is 2.16. The van der Waals surface area contributed by atoms with Gasteiger partial charge in [-0.2, -0.15) is 0 Å². The molecule has 1 aromatic heterocycles. The van der Waals surface area contributed by atoms with Crippen molar-refractivity contribution in [2.24, 2.45) is 0 Å². The molecule has 0 aliphatic carbocycles. The van der Waals surface area contributed by atoms with Crippen molar-refractivity contribution in [2.75, 3.05) is 24.2 Å². The van der Waals surface area contributed by atoms with Crippen LogP contribution in [0.25, 0.3) is 11.4 Å². The molecule has 0 atom stereocenters. The lowest BCUT2D eigenvalue weighted by Crippen LogP contribution is -2.12. The number of benzene rings is 1. The maximum Gasteiger partial charge on any atom is 0.161 e. The van der Waals surface area contributed by atoms with Crippen LogP contribution in [0.5, 0.6) is 0 Å². The number of hydrogen-bond acceptors (Lipinski definition) is 4. The lowest BCUT2D eigenvalue weighted by Gasteiger charge is -2.12. The summed E-state index contributed by atoms with van der Waals surface area (Å²) < 4.78 is 0.886. The van der Waals surface area contributed by atoms with Gasteiger partial charge in [0, 0.05) is 31.0 Å². The van der Waals surface area contributed by atoms with Crippen LogP contribution in [0.2, 0.25) is 0 Å². The zero-order chi connectivity index (χ0) is 12.7. The number of fused-ring (bicyclic) bond motifs is 1. The SMILES string of the molecule is CN1CCc2cc(-c3ncc(I)c(N)n3)ccc21. The molecule has 5 heteroatoms. The van der Waals surface area contributed by atoms with Gasteiger partial charge in [-0.15, -0.1) is 0 Å². The van der Waals surface area contributed by atoms with E-state index >= 15 is 0 Å². The smallest absolute Gasteiger partial charge is 0.161 e. The van der Waals surface area contributed by atoms with Crippen molar-refractivity contribution in [2.45, 2.75) is 6.42 Å². The Hall–Kier alpha value is -1.37. The van der Waals surface area contributed by atoms with Crippen molar-refractivity contribution < 1.29 is 0 Å². The van der Waals surface area contributed by atoms with Crippen LogP contribution in [0.15, 0.2) is 24.4 Å². The first-order chi connectivity index (χ1) is 8.65. The molecule has 2 aromatic rings. The Bertz CT molecular complexity index is 612. The zero-order valence-electron chi connectivity index (χ0n) is 10.0. The minimum absolute atomic E-state index is 0.540. The molecular formula is C13H13IN4. The van der Waals surface area contributed by atoms with E-state index in [4.69, 9.17) is 5.73 Å². The lowest BCUT2D eigenvalue weighted by atomic mass is 10.1. The number of likely N-dealkylation sites (N-methyl/N-ethyl adjacent to an activating group) is 1. The summed E-state index contributed by atoms with van der Waals surface area (Å²) in [7, 11) is 2.12. The predicted molar refractivity (Wildman–Crippen MR) is 81.6 cm³/mol. The largest absolute Gasteiger partial charge is 0.383 e. The van der Waals surface area contributed by atoms with E-state index in [1.165, 1.54) is 11.3 Å². The van der Waals surface area contributed by atoms with Gasteiger partial charge in [-0.25, -0.2) is 9.97 Å².